The van der Waals surface area contributed by atoms with Gasteiger partial charge in [0.2, 0.25) is 0 Å². The van der Waals surface area contributed by atoms with Crippen LogP contribution in [0.5, 0.6) is 0 Å². The third-order valence-corrected chi connectivity index (χ3v) is 5.87. The maximum absolute atomic E-state index is 13.0. The Morgan fingerprint density at radius 3 is 2.83 bits per heavy atom. The highest BCUT2D eigenvalue weighted by Gasteiger charge is 2.49. The Balaban J connectivity index is 1.92. The van der Waals surface area contributed by atoms with Gasteiger partial charge in [-0.2, -0.15) is 0 Å². The van der Waals surface area contributed by atoms with E-state index in [1.807, 2.05) is 36.6 Å². The summed E-state index contributed by atoms with van der Waals surface area (Å²) >= 11 is 1.51. The van der Waals surface area contributed by atoms with Crippen LogP contribution in [-0.2, 0) is 4.79 Å². The number of carbonyl (C=O) groups excluding carboxylic acids is 1. The summed E-state index contributed by atoms with van der Waals surface area (Å²) in [4.78, 5) is 26.4. The van der Waals surface area contributed by atoms with Gasteiger partial charge in [-0.3, -0.25) is 9.59 Å². The van der Waals surface area contributed by atoms with E-state index >= 15 is 0 Å². The van der Waals surface area contributed by atoms with Crippen molar-refractivity contribution in [3.8, 4) is 0 Å². The maximum Gasteiger partial charge on any atom is 0.314 e. The first-order chi connectivity index (χ1) is 11.5. The lowest BCUT2D eigenvalue weighted by molar-refractivity contribution is -0.162. The van der Waals surface area contributed by atoms with Crippen LogP contribution in [0.2, 0.25) is 0 Å². The van der Waals surface area contributed by atoms with Crippen molar-refractivity contribution in [2.75, 3.05) is 13.1 Å². The molecule has 2 atom stereocenters. The lowest BCUT2D eigenvalue weighted by atomic mass is 9.74. The number of aliphatic hydroxyl groups is 1. The average molecular weight is 347 g/mol. The van der Waals surface area contributed by atoms with E-state index in [4.69, 9.17) is 0 Å². The summed E-state index contributed by atoms with van der Waals surface area (Å²) < 4.78 is 1.04. The highest BCUT2D eigenvalue weighted by molar-refractivity contribution is 7.17. The van der Waals surface area contributed by atoms with Gasteiger partial charge in [-0.15, -0.1) is 11.3 Å². The lowest BCUT2D eigenvalue weighted by Crippen LogP contribution is -2.57. The van der Waals surface area contributed by atoms with E-state index in [9.17, 15) is 19.8 Å². The first-order valence-electron chi connectivity index (χ1n) is 8.16. The quantitative estimate of drug-likeness (QED) is 0.891. The number of aliphatic carboxylic acids is 1. The largest absolute Gasteiger partial charge is 0.481 e. The number of thiophene rings is 1. The van der Waals surface area contributed by atoms with Crippen molar-refractivity contribution in [2.45, 2.75) is 32.3 Å². The van der Waals surface area contributed by atoms with Crippen molar-refractivity contribution >= 4 is 33.3 Å². The molecule has 24 heavy (non-hydrogen) atoms. The zero-order valence-electron chi connectivity index (χ0n) is 13.6. The summed E-state index contributed by atoms with van der Waals surface area (Å²) in [5.74, 6) is -1.18. The number of likely N-dealkylation sites (tertiary alicyclic amines) is 1. The second kappa shape index (κ2) is 6.53. The molecule has 0 radical (unpaired) electrons. The molecule has 0 unspecified atom stereocenters. The molecule has 6 heteroatoms. The van der Waals surface area contributed by atoms with Crippen LogP contribution in [0.4, 0.5) is 0 Å². The fraction of sp³-hybridized carbons (Fsp3) is 0.444. The monoisotopic (exact) mass is 347 g/mol. The molecule has 0 bridgehead atoms. The number of carbonyl (C=O) groups is 2. The first kappa shape index (κ1) is 16.9. The molecule has 2 heterocycles. The molecule has 0 aliphatic carbocycles. The molecule has 1 aromatic heterocycles. The number of nitrogens with zero attached hydrogens (tertiary/aromatic N) is 1. The predicted octanol–water partition coefficient (Wildman–Crippen LogP) is 2.98. The van der Waals surface area contributed by atoms with Crippen LogP contribution in [0, 0.1) is 5.41 Å². The van der Waals surface area contributed by atoms with E-state index in [1.54, 1.807) is 4.90 Å². The fourth-order valence-corrected chi connectivity index (χ4v) is 4.51. The number of amides is 1. The Labute approximate surface area is 144 Å². The predicted molar refractivity (Wildman–Crippen MR) is 93.3 cm³/mol. The van der Waals surface area contributed by atoms with Gasteiger partial charge < -0.3 is 15.1 Å². The van der Waals surface area contributed by atoms with Crippen LogP contribution in [0.25, 0.3) is 10.1 Å². The smallest absolute Gasteiger partial charge is 0.314 e. The van der Waals surface area contributed by atoms with Crippen molar-refractivity contribution in [1.82, 2.24) is 4.90 Å². The summed E-state index contributed by atoms with van der Waals surface area (Å²) in [6.07, 6.45) is 0.378. The van der Waals surface area contributed by atoms with Gasteiger partial charge in [0.05, 0.1) is 11.7 Å². The summed E-state index contributed by atoms with van der Waals surface area (Å²) in [6.45, 7) is 2.33. The third kappa shape index (κ3) is 2.70. The molecular weight excluding hydrogens is 326 g/mol. The second-order valence-electron chi connectivity index (χ2n) is 6.39. The van der Waals surface area contributed by atoms with E-state index in [0.29, 0.717) is 31.4 Å². The Morgan fingerprint density at radius 2 is 2.12 bits per heavy atom. The zero-order chi connectivity index (χ0) is 17.3. The van der Waals surface area contributed by atoms with E-state index in [-0.39, 0.29) is 12.5 Å². The van der Waals surface area contributed by atoms with Crippen molar-refractivity contribution < 1.29 is 19.8 Å². The van der Waals surface area contributed by atoms with E-state index in [2.05, 4.69) is 0 Å². The average Bonchev–Trinajstić information content (AvgIpc) is 3.00. The molecule has 1 aliphatic heterocycles. The minimum Gasteiger partial charge on any atom is -0.481 e. The van der Waals surface area contributed by atoms with Gasteiger partial charge in [0, 0.05) is 28.6 Å². The Kier molecular flexibility index (Phi) is 4.60. The number of carboxylic acids is 1. The van der Waals surface area contributed by atoms with Gasteiger partial charge in [0.25, 0.3) is 5.91 Å². The number of hydrogen-bond acceptors (Lipinski definition) is 4. The van der Waals surface area contributed by atoms with Gasteiger partial charge in [0.1, 0.15) is 5.41 Å². The summed E-state index contributed by atoms with van der Waals surface area (Å²) in [6, 6.07) is 7.70. The van der Waals surface area contributed by atoms with Crippen molar-refractivity contribution in [3.05, 3.63) is 35.2 Å². The summed E-state index contributed by atoms with van der Waals surface area (Å²) in [5, 5.41) is 22.7. The van der Waals surface area contributed by atoms with Crippen LogP contribution in [0.15, 0.2) is 29.6 Å². The van der Waals surface area contributed by atoms with Crippen molar-refractivity contribution in [1.29, 1.82) is 0 Å². The van der Waals surface area contributed by atoms with Gasteiger partial charge in [-0.05, 0) is 18.9 Å². The molecule has 0 spiro atoms. The number of rotatable bonds is 4. The molecule has 1 fully saturated rings. The van der Waals surface area contributed by atoms with Gasteiger partial charge in [0.15, 0.2) is 0 Å². The SMILES string of the molecule is CCC[C@]1(C(=O)O)CN(C(=O)c2csc3ccccc23)CC[C@H]1O. The normalized spacial score (nSPS) is 24.2. The van der Waals surface area contributed by atoms with Crippen LogP contribution in [0.3, 0.4) is 0 Å². The van der Waals surface area contributed by atoms with E-state index in [1.165, 1.54) is 11.3 Å². The number of carboxylic acid groups (broad SMARTS) is 1. The number of benzene rings is 1. The molecule has 2 aromatic rings. The zero-order valence-corrected chi connectivity index (χ0v) is 14.4. The van der Waals surface area contributed by atoms with Crippen LogP contribution >= 0.6 is 11.3 Å². The van der Waals surface area contributed by atoms with E-state index < -0.39 is 17.5 Å². The number of hydrogen-bond donors (Lipinski definition) is 2. The molecular formula is C18H21NO4S. The van der Waals surface area contributed by atoms with Crippen LogP contribution in [-0.4, -0.2) is 46.2 Å². The van der Waals surface area contributed by atoms with Gasteiger partial charge in [-0.1, -0.05) is 31.5 Å². The highest BCUT2D eigenvalue weighted by atomic mass is 32.1. The number of piperidine rings is 1. The summed E-state index contributed by atoms with van der Waals surface area (Å²) in [7, 11) is 0. The number of aliphatic hydroxyl groups excluding tert-OH is 1. The van der Waals surface area contributed by atoms with Crippen molar-refractivity contribution in [3.63, 3.8) is 0 Å². The molecule has 128 valence electrons. The lowest BCUT2D eigenvalue weighted by Gasteiger charge is -2.43. The minimum absolute atomic E-state index is 0.0559. The molecule has 2 N–H and O–H groups in total. The second-order valence-corrected chi connectivity index (χ2v) is 7.30. The molecule has 5 nitrogen and oxygen atoms in total. The first-order valence-corrected chi connectivity index (χ1v) is 9.04. The van der Waals surface area contributed by atoms with E-state index in [0.717, 1.165) is 10.1 Å². The van der Waals surface area contributed by atoms with Gasteiger partial charge >= 0.3 is 5.97 Å². The Morgan fingerprint density at radius 1 is 1.38 bits per heavy atom. The Bertz CT molecular complexity index is 771. The fourth-order valence-electron chi connectivity index (χ4n) is 3.58. The molecule has 1 saturated heterocycles. The topological polar surface area (TPSA) is 77.8 Å². The Hall–Kier alpha value is -1.92. The summed E-state index contributed by atoms with van der Waals surface area (Å²) in [5.41, 5.74) is -0.656. The highest BCUT2D eigenvalue weighted by Crippen LogP contribution is 2.37. The van der Waals surface area contributed by atoms with Gasteiger partial charge in [-0.25, -0.2) is 0 Å². The molecule has 0 saturated carbocycles. The molecule has 1 aromatic carbocycles. The maximum atomic E-state index is 13.0. The minimum atomic E-state index is -1.27. The van der Waals surface area contributed by atoms with Crippen LogP contribution < -0.4 is 0 Å². The third-order valence-electron chi connectivity index (χ3n) is 4.90. The van der Waals surface area contributed by atoms with Crippen molar-refractivity contribution in [2.24, 2.45) is 5.41 Å². The number of fused-ring (bicyclic) bond motifs is 1. The molecule has 3 rings (SSSR count). The molecule has 1 aliphatic rings. The van der Waals surface area contributed by atoms with Crippen LogP contribution in [0.1, 0.15) is 36.5 Å². The standard InChI is InChI=1S/C18H21NO4S/c1-2-8-18(17(22)23)11-19(9-7-15(18)20)16(21)13-10-24-14-6-4-3-5-12(13)14/h3-6,10,15,20H,2,7-9,11H2,1H3,(H,22,23)/t15-,18+/m1/s1. The molecule has 1 amide bonds.